The van der Waals surface area contributed by atoms with Crippen LogP contribution >= 0.6 is 0 Å². The average molecular weight is 401 g/mol. The number of hydrogen-bond donors (Lipinski definition) is 1. The second-order valence-corrected chi connectivity index (χ2v) is 7.21. The minimum atomic E-state index is -4.53. The van der Waals surface area contributed by atoms with E-state index in [1.54, 1.807) is 4.90 Å². The summed E-state index contributed by atoms with van der Waals surface area (Å²) >= 11 is 0. The summed E-state index contributed by atoms with van der Waals surface area (Å²) in [6.45, 7) is 2.09. The quantitative estimate of drug-likeness (QED) is 0.771. The lowest BCUT2D eigenvalue weighted by atomic mass is 9.84. The molecule has 6 nitrogen and oxygen atoms in total. The Kier molecular flexibility index (Phi) is 7.79. The minimum absolute atomic E-state index is 0.0653. The topological polar surface area (TPSA) is 73.7 Å². The van der Waals surface area contributed by atoms with E-state index in [0.29, 0.717) is 25.0 Å². The Morgan fingerprint density at radius 2 is 1.86 bits per heavy atom. The number of alkyl halides is 3. The molecule has 156 valence electrons. The second-order valence-electron chi connectivity index (χ2n) is 7.21. The zero-order valence-electron chi connectivity index (χ0n) is 15.9. The maximum atomic E-state index is 12.8. The molecule has 2 fully saturated rings. The molecule has 3 rings (SSSR count). The van der Waals surface area contributed by atoms with E-state index in [-0.39, 0.29) is 17.9 Å². The van der Waals surface area contributed by atoms with Gasteiger partial charge >= 0.3 is 6.18 Å². The van der Waals surface area contributed by atoms with Gasteiger partial charge in [-0.15, -0.1) is 0 Å². The second kappa shape index (κ2) is 9.86. The molecule has 0 aliphatic carbocycles. The molecule has 3 heterocycles. The molecule has 1 aromatic rings. The third kappa shape index (κ3) is 5.67. The molecule has 0 bridgehead atoms. The lowest BCUT2D eigenvalue weighted by molar-refractivity contribution is -0.141. The van der Waals surface area contributed by atoms with Gasteiger partial charge in [-0.1, -0.05) is 6.42 Å². The molecule has 28 heavy (non-hydrogen) atoms. The monoisotopic (exact) mass is 401 g/mol. The van der Waals surface area contributed by atoms with Gasteiger partial charge in [-0.05, 0) is 57.3 Å². The van der Waals surface area contributed by atoms with E-state index in [4.69, 9.17) is 9.90 Å². The molecule has 0 radical (unpaired) electrons. The van der Waals surface area contributed by atoms with Crippen molar-refractivity contribution in [2.45, 2.75) is 44.3 Å². The highest BCUT2D eigenvalue weighted by Crippen LogP contribution is 2.31. The van der Waals surface area contributed by atoms with Gasteiger partial charge in [0.2, 0.25) is 0 Å². The first kappa shape index (κ1) is 22.1. The molecule has 2 saturated heterocycles. The van der Waals surface area contributed by atoms with E-state index in [1.165, 1.54) is 25.3 Å². The molecule has 2 aliphatic heterocycles. The lowest BCUT2D eigenvalue weighted by Gasteiger charge is -2.42. The third-order valence-electron chi connectivity index (χ3n) is 5.50. The summed E-state index contributed by atoms with van der Waals surface area (Å²) in [5.41, 5.74) is -0.951. The van der Waals surface area contributed by atoms with E-state index >= 15 is 0 Å². The van der Waals surface area contributed by atoms with Crippen molar-refractivity contribution in [3.63, 3.8) is 0 Å². The van der Waals surface area contributed by atoms with Crippen molar-refractivity contribution in [3.05, 3.63) is 29.6 Å². The molecule has 0 aromatic carbocycles. The van der Waals surface area contributed by atoms with Crippen LogP contribution in [0, 0.1) is 5.92 Å². The number of carbonyl (C=O) groups is 2. The van der Waals surface area contributed by atoms with E-state index in [2.05, 4.69) is 16.9 Å². The first-order valence-corrected chi connectivity index (χ1v) is 9.38. The summed E-state index contributed by atoms with van der Waals surface area (Å²) in [4.78, 5) is 28.3. The fourth-order valence-corrected chi connectivity index (χ4v) is 4.08. The van der Waals surface area contributed by atoms with Crippen LogP contribution in [-0.2, 0) is 11.0 Å². The number of rotatable bonds is 2. The van der Waals surface area contributed by atoms with Gasteiger partial charge < -0.3 is 14.9 Å². The fraction of sp³-hybridized carbons (Fsp3) is 0.632. The van der Waals surface area contributed by atoms with Crippen molar-refractivity contribution in [3.8, 4) is 0 Å². The van der Waals surface area contributed by atoms with E-state index < -0.39 is 11.9 Å². The van der Waals surface area contributed by atoms with Gasteiger partial charge in [0.15, 0.2) is 0 Å². The lowest BCUT2D eigenvalue weighted by Crippen LogP contribution is -2.47. The maximum absolute atomic E-state index is 12.8. The van der Waals surface area contributed by atoms with Crippen LogP contribution in [-0.4, -0.2) is 65.0 Å². The zero-order valence-corrected chi connectivity index (χ0v) is 15.9. The van der Waals surface area contributed by atoms with Crippen LogP contribution in [0.15, 0.2) is 18.3 Å². The van der Waals surface area contributed by atoms with Gasteiger partial charge in [0.1, 0.15) is 5.69 Å². The number of halogens is 3. The van der Waals surface area contributed by atoms with Gasteiger partial charge in [0.05, 0.1) is 0 Å². The molecule has 0 saturated carbocycles. The number of likely N-dealkylation sites (tertiary alicyclic amines) is 2. The van der Waals surface area contributed by atoms with Gasteiger partial charge in [-0.3, -0.25) is 14.6 Å². The van der Waals surface area contributed by atoms with Gasteiger partial charge in [0, 0.05) is 30.9 Å². The number of carboxylic acid groups (broad SMARTS) is 1. The molecule has 9 heteroatoms. The summed E-state index contributed by atoms with van der Waals surface area (Å²) in [6.07, 6.45) is 2.05. The minimum Gasteiger partial charge on any atom is -0.483 e. The molecule has 1 unspecified atom stereocenters. The highest BCUT2D eigenvalue weighted by atomic mass is 19.4. The van der Waals surface area contributed by atoms with Crippen LogP contribution < -0.4 is 0 Å². The van der Waals surface area contributed by atoms with E-state index in [9.17, 15) is 18.0 Å². The number of piperidine rings is 2. The van der Waals surface area contributed by atoms with Crippen molar-refractivity contribution >= 4 is 12.4 Å². The van der Waals surface area contributed by atoms with Crippen LogP contribution in [0.1, 0.15) is 48.2 Å². The van der Waals surface area contributed by atoms with Crippen LogP contribution in [0.2, 0.25) is 0 Å². The summed E-state index contributed by atoms with van der Waals surface area (Å²) in [5.74, 6) is 0.237. The number of nitrogens with zero attached hydrogens (tertiary/aromatic N) is 3. The van der Waals surface area contributed by atoms with E-state index in [1.807, 2.05) is 0 Å². The summed E-state index contributed by atoms with van der Waals surface area (Å²) in [5, 5.41) is 6.89. The molecular weight excluding hydrogens is 375 g/mol. The van der Waals surface area contributed by atoms with Crippen molar-refractivity contribution in [1.82, 2.24) is 14.8 Å². The summed E-state index contributed by atoms with van der Waals surface area (Å²) in [7, 11) is 2.16. The SMILES string of the molecule is CN1CCCCC1C1CCN(C(=O)c2ccnc(C(F)(F)F)c2)CC1.O=CO. The standard InChI is InChI=1S/C18H24F3N3O.CH2O2/c1-23-9-3-2-4-15(23)13-6-10-24(11-7-13)17(25)14-5-8-22-16(12-14)18(19,20)21;2-1-3/h5,8,12-13,15H,2-4,6-7,9-11H2,1H3;1H,(H,2,3). The normalized spacial score (nSPS) is 21.6. The Morgan fingerprint density at radius 1 is 1.21 bits per heavy atom. The summed E-state index contributed by atoms with van der Waals surface area (Å²) in [6, 6.07) is 2.78. The predicted octanol–water partition coefficient (Wildman–Crippen LogP) is 3.14. The molecular formula is C19H26F3N3O3. The van der Waals surface area contributed by atoms with E-state index in [0.717, 1.165) is 31.6 Å². The number of pyridine rings is 1. The van der Waals surface area contributed by atoms with Gasteiger partial charge in [0.25, 0.3) is 12.4 Å². The Bertz CT molecular complexity index is 661. The fourth-order valence-electron chi connectivity index (χ4n) is 4.08. The van der Waals surface area contributed by atoms with Crippen molar-refractivity contribution in [2.75, 3.05) is 26.7 Å². The van der Waals surface area contributed by atoms with Crippen LogP contribution in [0.25, 0.3) is 0 Å². The van der Waals surface area contributed by atoms with Crippen molar-refractivity contribution in [1.29, 1.82) is 0 Å². The molecule has 0 spiro atoms. The molecule has 1 N–H and O–H groups in total. The number of hydrogen-bond acceptors (Lipinski definition) is 4. The molecule has 1 aromatic heterocycles. The Balaban J connectivity index is 0.000000878. The van der Waals surface area contributed by atoms with Gasteiger partial charge in [-0.2, -0.15) is 13.2 Å². The third-order valence-corrected chi connectivity index (χ3v) is 5.50. The number of aromatic nitrogens is 1. The highest BCUT2D eigenvalue weighted by Gasteiger charge is 2.35. The number of amides is 1. The Hall–Kier alpha value is -2.16. The largest absolute Gasteiger partial charge is 0.483 e. The van der Waals surface area contributed by atoms with Crippen LogP contribution in [0.4, 0.5) is 13.2 Å². The predicted molar refractivity (Wildman–Crippen MR) is 96.8 cm³/mol. The highest BCUT2D eigenvalue weighted by molar-refractivity contribution is 5.94. The zero-order chi connectivity index (χ0) is 20.7. The Labute approximate surface area is 162 Å². The Morgan fingerprint density at radius 3 is 2.43 bits per heavy atom. The first-order valence-electron chi connectivity index (χ1n) is 9.38. The van der Waals surface area contributed by atoms with Gasteiger partial charge in [-0.25, -0.2) is 0 Å². The average Bonchev–Trinajstić information content (AvgIpc) is 2.68. The summed E-state index contributed by atoms with van der Waals surface area (Å²) < 4.78 is 38.3. The van der Waals surface area contributed by atoms with Crippen molar-refractivity contribution < 1.29 is 27.9 Å². The first-order chi connectivity index (χ1) is 13.3. The maximum Gasteiger partial charge on any atom is 0.433 e. The molecule has 1 atom stereocenters. The smallest absolute Gasteiger partial charge is 0.433 e. The van der Waals surface area contributed by atoms with Crippen LogP contribution in [0.5, 0.6) is 0 Å². The molecule has 2 aliphatic rings. The van der Waals surface area contributed by atoms with Crippen LogP contribution in [0.3, 0.4) is 0 Å². The molecule has 1 amide bonds. The number of carbonyl (C=O) groups excluding carboxylic acids is 1. The van der Waals surface area contributed by atoms with Crippen molar-refractivity contribution in [2.24, 2.45) is 5.92 Å².